The minimum atomic E-state index is -1.07. The summed E-state index contributed by atoms with van der Waals surface area (Å²) < 4.78 is 7.29. The van der Waals surface area contributed by atoms with Gasteiger partial charge in [-0.05, 0) is 43.2 Å². The summed E-state index contributed by atoms with van der Waals surface area (Å²) in [7, 11) is 0. The monoisotopic (exact) mass is 379 g/mol. The predicted octanol–water partition coefficient (Wildman–Crippen LogP) is 3.87. The standard InChI is InChI=1S/C21H21N3O4/c25-19(26)13-28-16-9-5-6-14(12-16)20(27)23-21-22-17-10-3-4-11-18(17)24(21)15-7-1-2-8-15/h3-6,9-12,15H,1-2,7-8,13H2,(H,25,26)(H,22,23,27). The molecule has 1 aromatic heterocycles. The van der Waals surface area contributed by atoms with Crippen LogP contribution < -0.4 is 10.1 Å². The Balaban J connectivity index is 1.61. The summed E-state index contributed by atoms with van der Waals surface area (Å²) in [6.07, 6.45) is 4.49. The first-order valence-corrected chi connectivity index (χ1v) is 9.35. The molecule has 1 amide bonds. The van der Waals surface area contributed by atoms with Gasteiger partial charge in [0, 0.05) is 11.6 Å². The number of carboxylic acid groups (broad SMARTS) is 1. The van der Waals surface area contributed by atoms with Crippen molar-refractivity contribution in [3.8, 4) is 5.75 Å². The smallest absolute Gasteiger partial charge is 0.341 e. The molecular formula is C21H21N3O4. The summed E-state index contributed by atoms with van der Waals surface area (Å²) in [6, 6.07) is 14.7. The number of ether oxygens (including phenoxy) is 1. The van der Waals surface area contributed by atoms with Crippen molar-refractivity contribution in [3.63, 3.8) is 0 Å². The van der Waals surface area contributed by atoms with Crippen LogP contribution in [0.1, 0.15) is 42.1 Å². The third kappa shape index (κ3) is 3.69. The van der Waals surface area contributed by atoms with Crippen molar-refractivity contribution in [3.05, 3.63) is 54.1 Å². The maximum atomic E-state index is 12.8. The minimum absolute atomic E-state index is 0.310. The zero-order valence-corrected chi connectivity index (χ0v) is 15.3. The normalized spacial score (nSPS) is 14.3. The van der Waals surface area contributed by atoms with Crippen LogP contribution >= 0.6 is 0 Å². The van der Waals surface area contributed by atoms with E-state index in [2.05, 4.69) is 14.9 Å². The van der Waals surface area contributed by atoms with Crippen LogP contribution in [-0.4, -0.2) is 33.1 Å². The number of carbonyl (C=O) groups excluding carboxylic acids is 1. The molecular weight excluding hydrogens is 358 g/mol. The third-order valence-electron chi connectivity index (χ3n) is 4.97. The number of nitrogens with zero attached hydrogens (tertiary/aromatic N) is 2. The molecule has 0 saturated heterocycles. The van der Waals surface area contributed by atoms with Gasteiger partial charge in [0.1, 0.15) is 5.75 Å². The Morgan fingerprint density at radius 2 is 1.93 bits per heavy atom. The van der Waals surface area contributed by atoms with Gasteiger partial charge in [0.25, 0.3) is 5.91 Å². The summed E-state index contributed by atoms with van der Waals surface area (Å²) >= 11 is 0. The van der Waals surface area contributed by atoms with Crippen molar-refractivity contribution < 1.29 is 19.4 Å². The molecule has 1 aliphatic rings. The van der Waals surface area contributed by atoms with E-state index in [0.717, 1.165) is 23.9 Å². The number of carbonyl (C=O) groups is 2. The molecule has 3 aromatic rings. The van der Waals surface area contributed by atoms with E-state index in [4.69, 9.17) is 9.84 Å². The second-order valence-corrected chi connectivity index (χ2v) is 6.90. The molecule has 144 valence electrons. The van der Waals surface area contributed by atoms with Crippen LogP contribution in [0.5, 0.6) is 5.75 Å². The average Bonchev–Trinajstić information content (AvgIpc) is 3.33. The van der Waals surface area contributed by atoms with Gasteiger partial charge in [0.15, 0.2) is 6.61 Å². The number of benzene rings is 2. The molecule has 2 aromatic carbocycles. The predicted molar refractivity (Wildman–Crippen MR) is 105 cm³/mol. The molecule has 2 N–H and O–H groups in total. The van der Waals surface area contributed by atoms with Crippen LogP contribution in [0.25, 0.3) is 11.0 Å². The number of amides is 1. The fourth-order valence-corrected chi connectivity index (χ4v) is 3.71. The fourth-order valence-electron chi connectivity index (χ4n) is 3.71. The van der Waals surface area contributed by atoms with E-state index in [1.165, 1.54) is 18.9 Å². The molecule has 1 heterocycles. The molecule has 0 atom stereocenters. The topological polar surface area (TPSA) is 93.4 Å². The third-order valence-corrected chi connectivity index (χ3v) is 4.97. The zero-order chi connectivity index (χ0) is 19.5. The van der Waals surface area contributed by atoms with Crippen LogP contribution in [0.3, 0.4) is 0 Å². The molecule has 28 heavy (non-hydrogen) atoms. The summed E-state index contributed by atoms with van der Waals surface area (Å²) in [4.78, 5) is 28.1. The number of para-hydroxylation sites is 2. The number of hydrogen-bond donors (Lipinski definition) is 2. The summed E-state index contributed by atoms with van der Waals surface area (Å²) in [5.41, 5.74) is 2.25. The minimum Gasteiger partial charge on any atom is -0.482 e. The van der Waals surface area contributed by atoms with Crippen LogP contribution in [0.15, 0.2) is 48.5 Å². The molecule has 7 heteroatoms. The molecule has 1 fully saturated rings. The van der Waals surface area contributed by atoms with E-state index in [1.807, 2.05) is 24.3 Å². The van der Waals surface area contributed by atoms with Gasteiger partial charge in [-0.2, -0.15) is 0 Å². The molecule has 0 aliphatic heterocycles. The van der Waals surface area contributed by atoms with Crippen molar-refractivity contribution in [2.75, 3.05) is 11.9 Å². The number of rotatable bonds is 6. The first-order valence-electron chi connectivity index (χ1n) is 9.35. The summed E-state index contributed by atoms with van der Waals surface area (Å²) in [5.74, 6) is -0.509. The van der Waals surface area contributed by atoms with Crippen molar-refractivity contribution in [1.82, 2.24) is 9.55 Å². The van der Waals surface area contributed by atoms with Crippen molar-refractivity contribution in [2.24, 2.45) is 0 Å². The number of nitrogens with one attached hydrogen (secondary N) is 1. The molecule has 0 spiro atoms. The first-order chi connectivity index (χ1) is 13.6. The highest BCUT2D eigenvalue weighted by Crippen LogP contribution is 2.35. The van der Waals surface area contributed by atoms with Crippen LogP contribution in [-0.2, 0) is 4.79 Å². The van der Waals surface area contributed by atoms with Gasteiger partial charge in [0.05, 0.1) is 11.0 Å². The molecule has 1 aliphatic carbocycles. The lowest BCUT2D eigenvalue weighted by molar-refractivity contribution is -0.139. The lowest BCUT2D eigenvalue weighted by atomic mass is 10.2. The summed E-state index contributed by atoms with van der Waals surface area (Å²) in [6.45, 7) is -0.456. The fraction of sp³-hybridized carbons (Fsp3) is 0.286. The molecule has 1 saturated carbocycles. The highest BCUT2D eigenvalue weighted by Gasteiger charge is 2.23. The Morgan fingerprint density at radius 3 is 2.71 bits per heavy atom. The highest BCUT2D eigenvalue weighted by atomic mass is 16.5. The van der Waals surface area contributed by atoms with Crippen molar-refractivity contribution >= 4 is 28.9 Å². The molecule has 0 radical (unpaired) electrons. The van der Waals surface area contributed by atoms with E-state index < -0.39 is 12.6 Å². The molecule has 4 rings (SSSR count). The van der Waals surface area contributed by atoms with E-state index in [1.54, 1.807) is 18.2 Å². The summed E-state index contributed by atoms with van der Waals surface area (Å²) in [5, 5.41) is 11.7. The number of aliphatic carboxylic acids is 1. The second-order valence-electron chi connectivity index (χ2n) is 6.90. The maximum absolute atomic E-state index is 12.8. The Bertz CT molecular complexity index is 1020. The van der Waals surface area contributed by atoms with Gasteiger partial charge in [-0.3, -0.25) is 10.1 Å². The lowest BCUT2D eigenvalue weighted by Gasteiger charge is -2.16. The van der Waals surface area contributed by atoms with Crippen molar-refractivity contribution in [1.29, 1.82) is 0 Å². The highest BCUT2D eigenvalue weighted by molar-refractivity contribution is 6.04. The Labute approximate surface area is 162 Å². The van der Waals surface area contributed by atoms with Gasteiger partial charge < -0.3 is 14.4 Å². The largest absolute Gasteiger partial charge is 0.482 e. The molecule has 0 bridgehead atoms. The zero-order valence-electron chi connectivity index (χ0n) is 15.3. The van der Waals surface area contributed by atoms with E-state index in [0.29, 0.717) is 23.3 Å². The van der Waals surface area contributed by atoms with E-state index in [-0.39, 0.29) is 5.91 Å². The van der Waals surface area contributed by atoms with Gasteiger partial charge in [-0.25, -0.2) is 9.78 Å². The average molecular weight is 379 g/mol. The van der Waals surface area contributed by atoms with Gasteiger partial charge >= 0.3 is 5.97 Å². The van der Waals surface area contributed by atoms with Crippen LogP contribution in [0, 0.1) is 0 Å². The molecule has 0 unspecified atom stereocenters. The van der Waals surface area contributed by atoms with Crippen molar-refractivity contribution in [2.45, 2.75) is 31.7 Å². The number of fused-ring (bicyclic) bond motifs is 1. The maximum Gasteiger partial charge on any atom is 0.341 e. The number of hydrogen-bond acceptors (Lipinski definition) is 4. The Kier molecular flexibility index (Phi) is 4.97. The SMILES string of the molecule is O=C(O)COc1cccc(C(=O)Nc2nc3ccccc3n2C2CCCC2)c1. The van der Waals surface area contributed by atoms with Crippen LogP contribution in [0.2, 0.25) is 0 Å². The second kappa shape index (κ2) is 7.72. The van der Waals surface area contributed by atoms with E-state index in [9.17, 15) is 9.59 Å². The number of imidazole rings is 1. The Morgan fingerprint density at radius 1 is 1.14 bits per heavy atom. The van der Waals surface area contributed by atoms with Gasteiger partial charge in [-0.15, -0.1) is 0 Å². The van der Waals surface area contributed by atoms with Gasteiger partial charge in [0.2, 0.25) is 5.95 Å². The quantitative estimate of drug-likeness (QED) is 0.678. The number of aromatic nitrogens is 2. The van der Waals surface area contributed by atoms with Crippen LogP contribution in [0.4, 0.5) is 5.95 Å². The number of carboxylic acids is 1. The van der Waals surface area contributed by atoms with E-state index >= 15 is 0 Å². The Hall–Kier alpha value is -3.35. The van der Waals surface area contributed by atoms with Gasteiger partial charge in [-0.1, -0.05) is 31.0 Å². The molecule has 7 nitrogen and oxygen atoms in total. The first kappa shape index (κ1) is 18.0. The number of anilines is 1. The lowest BCUT2D eigenvalue weighted by Crippen LogP contribution is -2.18.